The molecule has 0 saturated heterocycles. The summed E-state index contributed by atoms with van der Waals surface area (Å²) in [6, 6.07) is 17.8. The predicted octanol–water partition coefficient (Wildman–Crippen LogP) is 3.28. The zero-order chi connectivity index (χ0) is 18.6. The van der Waals surface area contributed by atoms with Gasteiger partial charge in [0.15, 0.2) is 0 Å². The highest BCUT2D eigenvalue weighted by Crippen LogP contribution is 2.25. The Morgan fingerprint density at radius 3 is 2.74 bits per heavy atom. The van der Waals surface area contributed by atoms with E-state index in [0.717, 1.165) is 24.2 Å². The lowest BCUT2D eigenvalue weighted by atomic mass is 10.1. The summed E-state index contributed by atoms with van der Waals surface area (Å²) in [5, 5.41) is 7.70. The van der Waals surface area contributed by atoms with E-state index in [2.05, 4.69) is 23.6 Å². The Bertz CT molecular complexity index is 916. The molecule has 4 rings (SSSR count). The highest BCUT2D eigenvalue weighted by Gasteiger charge is 2.25. The molecule has 1 unspecified atom stereocenters. The molecule has 0 radical (unpaired) electrons. The van der Waals surface area contributed by atoms with Gasteiger partial charge in [0.2, 0.25) is 0 Å². The zero-order valence-corrected chi connectivity index (χ0v) is 15.4. The average molecular weight is 361 g/mol. The number of carbonyl (C=O) groups is 1. The number of nitrogens with one attached hydrogen (secondary N) is 1. The van der Waals surface area contributed by atoms with Crippen LogP contribution in [0.3, 0.4) is 0 Å². The lowest BCUT2D eigenvalue weighted by molar-refractivity contribution is 0.0383. The largest absolute Gasteiger partial charge is 0.370 e. The van der Waals surface area contributed by atoms with Crippen molar-refractivity contribution >= 4 is 5.91 Å². The molecule has 0 bridgehead atoms. The van der Waals surface area contributed by atoms with Crippen LogP contribution >= 0.6 is 0 Å². The van der Waals surface area contributed by atoms with Gasteiger partial charge in [-0.25, -0.2) is 0 Å². The van der Waals surface area contributed by atoms with Crippen molar-refractivity contribution in [2.75, 3.05) is 13.2 Å². The van der Waals surface area contributed by atoms with Gasteiger partial charge in [0.25, 0.3) is 5.91 Å². The molecule has 2 aromatic carbocycles. The van der Waals surface area contributed by atoms with Gasteiger partial charge in [0.05, 0.1) is 18.8 Å². The number of amides is 1. The fourth-order valence-electron chi connectivity index (χ4n) is 3.33. The maximum absolute atomic E-state index is 12.4. The number of benzene rings is 2. The Labute approximate surface area is 159 Å². The second kappa shape index (κ2) is 7.76. The summed E-state index contributed by atoms with van der Waals surface area (Å²) in [5.74, 6) is -0.0885. The van der Waals surface area contributed by atoms with Crippen LogP contribution in [0.1, 0.15) is 38.8 Å². The summed E-state index contributed by atoms with van der Waals surface area (Å²) in [5.41, 5.74) is 5.14. The molecular weight excluding hydrogens is 338 g/mol. The molecule has 1 aliphatic rings. The molecule has 27 heavy (non-hydrogen) atoms. The van der Waals surface area contributed by atoms with E-state index in [1.54, 1.807) is 0 Å². The molecule has 0 saturated carbocycles. The van der Waals surface area contributed by atoms with Crippen LogP contribution in [0.25, 0.3) is 0 Å². The normalized spacial score (nSPS) is 16.0. The van der Waals surface area contributed by atoms with Crippen LogP contribution in [-0.4, -0.2) is 28.8 Å². The Hall–Kier alpha value is -2.92. The van der Waals surface area contributed by atoms with Gasteiger partial charge in [0, 0.05) is 18.3 Å². The topological polar surface area (TPSA) is 56.1 Å². The third kappa shape index (κ3) is 4.09. The first-order valence-electron chi connectivity index (χ1n) is 9.25. The molecule has 3 aromatic rings. The number of fused-ring (bicyclic) bond motifs is 1. The minimum Gasteiger partial charge on any atom is -0.370 e. The molecule has 1 amide bonds. The van der Waals surface area contributed by atoms with Crippen LogP contribution < -0.4 is 5.32 Å². The molecule has 1 aromatic heterocycles. The molecule has 1 atom stereocenters. The smallest absolute Gasteiger partial charge is 0.251 e. The van der Waals surface area contributed by atoms with Crippen molar-refractivity contribution in [3.05, 3.63) is 88.7 Å². The molecule has 0 spiro atoms. The summed E-state index contributed by atoms with van der Waals surface area (Å²) in [7, 11) is 0. The monoisotopic (exact) mass is 361 g/mol. The third-order valence-electron chi connectivity index (χ3n) is 4.81. The fraction of sp³-hybridized carbons (Fsp3) is 0.273. The summed E-state index contributed by atoms with van der Waals surface area (Å²) >= 11 is 0. The lowest BCUT2D eigenvalue weighted by Gasteiger charge is -2.22. The third-order valence-corrected chi connectivity index (χ3v) is 4.81. The average Bonchev–Trinajstić information content (AvgIpc) is 3.10. The van der Waals surface area contributed by atoms with E-state index in [-0.39, 0.29) is 12.0 Å². The molecule has 0 aliphatic carbocycles. The second-order valence-electron chi connectivity index (χ2n) is 6.91. The van der Waals surface area contributed by atoms with Gasteiger partial charge in [-0.1, -0.05) is 48.0 Å². The minimum absolute atomic E-state index is 0.0885. The van der Waals surface area contributed by atoms with E-state index >= 15 is 0 Å². The Morgan fingerprint density at radius 1 is 1.19 bits per heavy atom. The number of hydrogen-bond donors (Lipinski definition) is 1. The van der Waals surface area contributed by atoms with Crippen LogP contribution in [0.4, 0.5) is 0 Å². The number of rotatable bonds is 5. The molecule has 1 aliphatic heterocycles. The first kappa shape index (κ1) is 17.5. The van der Waals surface area contributed by atoms with E-state index in [4.69, 9.17) is 9.84 Å². The Morgan fingerprint density at radius 2 is 1.96 bits per heavy atom. The van der Waals surface area contributed by atoms with Gasteiger partial charge in [-0.05, 0) is 36.6 Å². The van der Waals surface area contributed by atoms with Gasteiger partial charge >= 0.3 is 0 Å². The first-order valence-corrected chi connectivity index (χ1v) is 9.25. The summed E-state index contributed by atoms with van der Waals surface area (Å²) in [6.45, 7) is 3.80. The molecule has 5 heteroatoms. The molecule has 5 nitrogen and oxygen atoms in total. The van der Waals surface area contributed by atoms with Crippen molar-refractivity contribution in [2.24, 2.45) is 0 Å². The van der Waals surface area contributed by atoms with Gasteiger partial charge in [-0.2, -0.15) is 5.10 Å². The summed E-state index contributed by atoms with van der Waals surface area (Å²) in [6.07, 6.45) is 2.74. The number of hydrogen-bond acceptors (Lipinski definition) is 3. The quantitative estimate of drug-likeness (QED) is 0.759. The number of ether oxygens (including phenoxy) is 1. The second-order valence-corrected chi connectivity index (χ2v) is 6.91. The van der Waals surface area contributed by atoms with Crippen LogP contribution in [0.2, 0.25) is 0 Å². The highest BCUT2D eigenvalue weighted by molar-refractivity contribution is 5.94. The Balaban J connectivity index is 1.43. The van der Waals surface area contributed by atoms with E-state index in [9.17, 15) is 4.79 Å². The molecular formula is C22H23N3O2. The number of aryl methyl sites for hydroxylation is 1. The molecule has 0 fully saturated rings. The number of carbonyl (C=O) groups excluding carboxylic acids is 1. The molecule has 1 N–H and O–H groups in total. The SMILES string of the molecule is Cc1ccc(C(=O)NCC2OCCc3cn(Cc4ccccc4)nc32)cc1. The van der Waals surface area contributed by atoms with Gasteiger partial charge in [-0.15, -0.1) is 0 Å². The van der Waals surface area contributed by atoms with Crippen LogP contribution in [0, 0.1) is 6.92 Å². The van der Waals surface area contributed by atoms with Crippen molar-refractivity contribution in [1.82, 2.24) is 15.1 Å². The van der Waals surface area contributed by atoms with Crippen molar-refractivity contribution in [3.8, 4) is 0 Å². The van der Waals surface area contributed by atoms with Crippen molar-refractivity contribution in [3.63, 3.8) is 0 Å². The van der Waals surface area contributed by atoms with Crippen molar-refractivity contribution in [2.45, 2.75) is 26.0 Å². The van der Waals surface area contributed by atoms with Gasteiger partial charge in [0.1, 0.15) is 6.10 Å². The maximum atomic E-state index is 12.4. The van der Waals surface area contributed by atoms with Gasteiger partial charge in [-0.3, -0.25) is 9.48 Å². The maximum Gasteiger partial charge on any atom is 0.251 e. The van der Waals surface area contributed by atoms with Crippen molar-refractivity contribution in [1.29, 1.82) is 0 Å². The lowest BCUT2D eigenvalue weighted by Crippen LogP contribution is -2.31. The number of aromatic nitrogens is 2. The van der Waals surface area contributed by atoms with E-state index in [1.165, 1.54) is 11.1 Å². The van der Waals surface area contributed by atoms with Gasteiger partial charge < -0.3 is 10.1 Å². The van der Waals surface area contributed by atoms with Crippen LogP contribution in [0.5, 0.6) is 0 Å². The standard InChI is InChI=1S/C22H23N3O2/c1-16-7-9-18(10-8-16)22(26)23-13-20-21-19(11-12-27-20)15-25(24-21)14-17-5-3-2-4-6-17/h2-10,15,20H,11-14H2,1H3,(H,23,26). The molecule has 138 valence electrons. The van der Waals surface area contributed by atoms with Crippen LogP contribution in [0.15, 0.2) is 60.8 Å². The van der Waals surface area contributed by atoms with E-state index in [0.29, 0.717) is 18.7 Å². The highest BCUT2D eigenvalue weighted by atomic mass is 16.5. The zero-order valence-electron chi connectivity index (χ0n) is 15.4. The fourth-order valence-corrected chi connectivity index (χ4v) is 3.33. The minimum atomic E-state index is -0.208. The first-order chi connectivity index (χ1) is 13.2. The number of nitrogens with zero attached hydrogens (tertiary/aromatic N) is 2. The van der Waals surface area contributed by atoms with Crippen molar-refractivity contribution < 1.29 is 9.53 Å². The van der Waals surface area contributed by atoms with E-state index in [1.807, 2.05) is 54.1 Å². The predicted molar refractivity (Wildman–Crippen MR) is 104 cm³/mol. The summed E-state index contributed by atoms with van der Waals surface area (Å²) in [4.78, 5) is 12.4. The Kier molecular flexibility index (Phi) is 5.03. The van der Waals surface area contributed by atoms with E-state index < -0.39 is 0 Å². The van der Waals surface area contributed by atoms with Crippen LogP contribution in [-0.2, 0) is 17.7 Å². The summed E-state index contributed by atoms with van der Waals surface area (Å²) < 4.78 is 7.84. The molecule has 2 heterocycles.